The van der Waals surface area contributed by atoms with Crippen molar-refractivity contribution in [2.24, 2.45) is 5.10 Å². The fourth-order valence-corrected chi connectivity index (χ4v) is 6.04. The molecule has 0 aromatic heterocycles. The van der Waals surface area contributed by atoms with Crippen molar-refractivity contribution in [3.63, 3.8) is 0 Å². The van der Waals surface area contributed by atoms with E-state index in [1.54, 1.807) is 42.6 Å². The number of benzene rings is 5. The van der Waals surface area contributed by atoms with Gasteiger partial charge in [-0.05, 0) is 58.8 Å². The zero-order valence-corrected chi connectivity index (χ0v) is 22.1. The third kappa shape index (κ3) is 5.11. The van der Waals surface area contributed by atoms with E-state index in [4.69, 9.17) is 11.6 Å². The van der Waals surface area contributed by atoms with Gasteiger partial charge >= 0.3 is 0 Å². The molecule has 0 radical (unpaired) electrons. The van der Waals surface area contributed by atoms with Crippen molar-refractivity contribution >= 4 is 61.0 Å². The molecule has 1 N–H and O–H groups in total. The van der Waals surface area contributed by atoms with Crippen LogP contribution in [0.2, 0.25) is 5.02 Å². The van der Waals surface area contributed by atoms with E-state index >= 15 is 0 Å². The first kappa shape index (κ1) is 25.4. The summed E-state index contributed by atoms with van der Waals surface area (Å²) in [4.78, 5) is 13.1. The average Bonchev–Trinajstić information content (AvgIpc) is 2.92. The number of hydrogen-bond acceptors (Lipinski definition) is 4. The second-order valence-corrected chi connectivity index (χ2v) is 11.1. The Bertz CT molecular complexity index is 1730. The Hall–Kier alpha value is -4.20. The van der Waals surface area contributed by atoms with Crippen molar-refractivity contribution in [2.45, 2.75) is 11.8 Å². The highest BCUT2D eigenvalue weighted by molar-refractivity contribution is 7.92. The molecular formula is C30H24ClN3O3S. The molecule has 0 aliphatic carbocycles. The summed E-state index contributed by atoms with van der Waals surface area (Å²) < 4.78 is 28.1. The molecule has 1 amide bonds. The molecule has 5 rings (SSSR count). The minimum Gasteiger partial charge on any atom is -0.271 e. The number of sulfonamides is 1. The summed E-state index contributed by atoms with van der Waals surface area (Å²) in [5.41, 5.74) is 4.47. The zero-order chi connectivity index (χ0) is 26.7. The number of carbonyl (C=O) groups is 1. The molecule has 0 fully saturated rings. The Balaban J connectivity index is 1.45. The number of carbonyl (C=O) groups excluding carboxylic acids is 1. The van der Waals surface area contributed by atoms with Gasteiger partial charge < -0.3 is 0 Å². The van der Waals surface area contributed by atoms with Crippen molar-refractivity contribution in [1.29, 1.82) is 0 Å². The van der Waals surface area contributed by atoms with Crippen molar-refractivity contribution < 1.29 is 13.2 Å². The van der Waals surface area contributed by atoms with Gasteiger partial charge in [0.1, 0.15) is 6.54 Å². The van der Waals surface area contributed by atoms with Crippen LogP contribution in [0.1, 0.15) is 11.1 Å². The lowest BCUT2D eigenvalue weighted by Crippen LogP contribution is -2.39. The number of amides is 1. The molecule has 5 aromatic rings. The Labute approximate surface area is 226 Å². The van der Waals surface area contributed by atoms with Gasteiger partial charge in [-0.3, -0.25) is 9.10 Å². The Morgan fingerprint density at radius 3 is 2.08 bits per heavy atom. The van der Waals surface area contributed by atoms with Crippen LogP contribution in [-0.2, 0) is 14.8 Å². The molecule has 0 bridgehead atoms. The fourth-order valence-electron chi connectivity index (χ4n) is 4.31. The van der Waals surface area contributed by atoms with E-state index in [0.717, 1.165) is 37.0 Å². The summed E-state index contributed by atoms with van der Waals surface area (Å²) in [5.74, 6) is -0.610. The largest absolute Gasteiger partial charge is 0.271 e. The molecule has 6 nitrogen and oxygen atoms in total. The number of rotatable bonds is 7. The number of hydrazone groups is 1. The minimum absolute atomic E-state index is 0.0570. The van der Waals surface area contributed by atoms with E-state index in [-0.39, 0.29) is 15.6 Å². The topological polar surface area (TPSA) is 78.8 Å². The summed E-state index contributed by atoms with van der Waals surface area (Å²) in [5, 5.41) is 8.49. The molecule has 8 heteroatoms. The first-order chi connectivity index (χ1) is 18.3. The highest BCUT2D eigenvalue weighted by Gasteiger charge is 2.28. The lowest BCUT2D eigenvalue weighted by Gasteiger charge is -2.24. The van der Waals surface area contributed by atoms with Crippen molar-refractivity contribution in [1.82, 2.24) is 5.43 Å². The monoisotopic (exact) mass is 541 g/mol. The summed E-state index contributed by atoms with van der Waals surface area (Å²) in [6.07, 6.45) is 1.59. The molecule has 38 heavy (non-hydrogen) atoms. The number of halogens is 1. The first-order valence-corrected chi connectivity index (χ1v) is 13.7. The van der Waals surface area contributed by atoms with Crippen molar-refractivity contribution in [2.75, 3.05) is 10.8 Å². The van der Waals surface area contributed by atoms with Crippen LogP contribution < -0.4 is 9.73 Å². The molecule has 0 atom stereocenters. The lowest BCUT2D eigenvalue weighted by atomic mass is 9.97. The normalized spacial score (nSPS) is 11.7. The van der Waals surface area contributed by atoms with Crippen LogP contribution in [-0.4, -0.2) is 27.1 Å². The number of fused-ring (bicyclic) bond motifs is 2. The van der Waals surface area contributed by atoms with Crippen molar-refractivity contribution in [3.8, 4) is 0 Å². The van der Waals surface area contributed by atoms with E-state index in [9.17, 15) is 13.2 Å². The third-order valence-corrected chi connectivity index (χ3v) is 8.31. The van der Waals surface area contributed by atoms with Gasteiger partial charge in [-0.25, -0.2) is 13.8 Å². The first-order valence-electron chi connectivity index (χ1n) is 11.9. The van der Waals surface area contributed by atoms with Gasteiger partial charge in [-0.15, -0.1) is 0 Å². The lowest BCUT2D eigenvalue weighted by molar-refractivity contribution is -0.119. The molecule has 0 aliphatic heterocycles. The van der Waals surface area contributed by atoms with E-state index in [0.29, 0.717) is 0 Å². The SMILES string of the molecule is Cc1ccc(S(=O)(=O)N(CC(=O)N/N=C/c2c3ccccc3cc3ccccc23)c2ccccc2Cl)cc1. The summed E-state index contributed by atoms with van der Waals surface area (Å²) in [6.45, 7) is 1.36. The van der Waals surface area contributed by atoms with Gasteiger partial charge in [-0.2, -0.15) is 5.10 Å². The average molecular weight is 542 g/mol. The molecular weight excluding hydrogens is 518 g/mol. The van der Waals surface area contributed by atoms with E-state index in [1.165, 1.54) is 12.1 Å². The van der Waals surface area contributed by atoms with Crippen LogP contribution in [0.25, 0.3) is 21.5 Å². The summed E-state index contributed by atoms with van der Waals surface area (Å²) in [6, 6.07) is 30.9. The second kappa shape index (κ2) is 10.7. The van der Waals surface area contributed by atoms with Crippen LogP contribution in [0.4, 0.5) is 5.69 Å². The summed E-state index contributed by atoms with van der Waals surface area (Å²) >= 11 is 6.35. The Morgan fingerprint density at radius 1 is 0.868 bits per heavy atom. The number of nitrogens with zero attached hydrogens (tertiary/aromatic N) is 2. The maximum Gasteiger partial charge on any atom is 0.264 e. The van der Waals surface area contributed by atoms with Crippen LogP contribution in [0.5, 0.6) is 0 Å². The molecule has 0 saturated heterocycles. The third-order valence-electron chi connectivity index (χ3n) is 6.21. The van der Waals surface area contributed by atoms with E-state index in [2.05, 4.69) is 16.6 Å². The van der Waals surface area contributed by atoms with Crippen LogP contribution in [0.15, 0.2) is 113 Å². The van der Waals surface area contributed by atoms with Crippen LogP contribution in [0, 0.1) is 6.92 Å². The number of aryl methyl sites for hydroxylation is 1. The van der Waals surface area contributed by atoms with Crippen molar-refractivity contribution in [3.05, 3.63) is 119 Å². The van der Waals surface area contributed by atoms with Crippen LogP contribution >= 0.6 is 11.6 Å². The molecule has 0 heterocycles. The van der Waals surface area contributed by atoms with Crippen LogP contribution in [0.3, 0.4) is 0 Å². The number of nitrogens with one attached hydrogen (secondary N) is 1. The number of hydrogen-bond donors (Lipinski definition) is 1. The smallest absolute Gasteiger partial charge is 0.264 e. The highest BCUT2D eigenvalue weighted by atomic mass is 35.5. The number of para-hydroxylation sites is 1. The maximum atomic E-state index is 13.6. The Morgan fingerprint density at radius 2 is 1.45 bits per heavy atom. The zero-order valence-electron chi connectivity index (χ0n) is 20.5. The van der Waals surface area contributed by atoms with Gasteiger partial charge in [-0.1, -0.05) is 90.0 Å². The fraction of sp³-hybridized carbons (Fsp3) is 0.0667. The molecule has 190 valence electrons. The van der Waals surface area contributed by atoms with Gasteiger partial charge in [0, 0.05) is 5.56 Å². The molecule has 0 aliphatic rings. The predicted octanol–water partition coefficient (Wildman–Crippen LogP) is 6.30. The maximum absolute atomic E-state index is 13.6. The van der Waals surface area contributed by atoms with Gasteiger partial charge in [0.25, 0.3) is 15.9 Å². The summed E-state index contributed by atoms with van der Waals surface area (Å²) in [7, 11) is -4.09. The standard InChI is InChI=1S/C30H24ClN3O3S/c1-21-14-16-24(17-15-21)38(36,37)34(29-13-7-6-12-28(29)31)20-30(35)33-32-19-27-25-10-4-2-8-22(25)18-23-9-3-5-11-26(23)27/h2-19H,20H2,1H3,(H,33,35)/b32-19+. The minimum atomic E-state index is -4.09. The van der Waals surface area contributed by atoms with Gasteiger partial charge in [0.15, 0.2) is 0 Å². The van der Waals surface area contributed by atoms with E-state index in [1.807, 2.05) is 55.5 Å². The predicted molar refractivity (Wildman–Crippen MR) is 154 cm³/mol. The van der Waals surface area contributed by atoms with E-state index < -0.39 is 22.5 Å². The number of anilines is 1. The quantitative estimate of drug-likeness (QED) is 0.149. The molecule has 0 saturated carbocycles. The van der Waals surface area contributed by atoms with Gasteiger partial charge in [0.2, 0.25) is 0 Å². The molecule has 5 aromatic carbocycles. The van der Waals surface area contributed by atoms with Gasteiger partial charge in [0.05, 0.1) is 21.8 Å². The second-order valence-electron chi connectivity index (χ2n) is 8.80. The molecule has 0 unspecified atom stereocenters. The Kier molecular flexibility index (Phi) is 7.13. The highest BCUT2D eigenvalue weighted by Crippen LogP contribution is 2.30. The molecule has 0 spiro atoms.